The highest BCUT2D eigenvalue weighted by Crippen LogP contribution is 2.28. The number of hydrogen-bond acceptors (Lipinski definition) is 7. The molecule has 59 heavy (non-hydrogen) atoms. The van der Waals surface area contributed by atoms with Crippen LogP contribution in [0.15, 0.2) is 97.1 Å². The van der Waals surface area contributed by atoms with Gasteiger partial charge in [0.15, 0.2) is 0 Å². The van der Waals surface area contributed by atoms with Crippen molar-refractivity contribution in [1.82, 2.24) is 0 Å². The van der Waals surface area contributed by atoms with Crippen LogP contribution in [-0.4, -0.2) is 50.6 Å². The summed E-state index contributed by atoms with van der Waals surface area (Å²) in [6, 6.07) is 31.6. The molecule has 4 aromatic carbocycles. The molecule has 2 atom stereocenters. The van der Waals surface area contributed by atoms with Gasteiger partial charge in [0.25, 0.3) is 0 Å². The van der Waals surface area contributed by atoms with E-state index in [1.165, 1.54) is 18.2 Å². The van der Waals surface area contributed by atoms with Gasteiger partial charge in [-0.15, -0.1) is 11.8 Å². The van der Waals surface area contributed by atoms with E-state index < -0.39 is 5.97 Å². The fourth-order valence-electron chi connectivity index (χ4n) is 5.85. The molecule has 0 aromatic heterocycles. The molecule has 8 nitrogen and oxygen atoms in total. The highest BCUT2D eigenvalue weighted by molar-refractivity contribution is 5.71. The van der Waals surface area contributed by atoms with Crippen molar-refractivity contribution in [3.63, 3.8) is 0 Å². The van der Waals surface area contributed by atoms with Crippen LogP contribution in [0.25, 0.3) is 0 Å². The van der Waals surface area contributed by atoms with Crippen LogP contribution in [0.1, 0.15) is 115 Å². The quantitative estimate of drug-likeness (QED) is 0.0603. The Kier molecular flexibility index (Phi) is 19.5. The highest BCUT2D eigenvalue weighted by Gasteiger charge is 2.17. The monoisotopic (exact) mass is 802 g/mol. The number of hydrogen-bond donors (Lipinski definition) is 1. The maximum Gasteiger partial charge on any atom is 0.307 e. The molecule has 0 heterocycles. The van der Waals surface area contributed by atoms with Crippen LogP contribution in [0.4, 0.5) is 0 Å². The standard InChI is InChI=1S/C26H32O4.C25H30O4/c1-6-9-21(18-25(27)28-5)20-12-14-23(15-13-20)29-16-8-17-30-24-11-7-10-22(19-24)26(2,3)4;1-5-8-20(17-24(26)27)19-11-13-22(14-12-19)28-15-7-16-29-23-10-6-9-21(18-23)25(2,3)4/h7,10-15,19,21H,8,16-18H2,1-5H3;6,9-14,18,20H,7,15-17H2,1-4H3,(H,26,27). The van der Waals surface area contributed by atoms with E-state index in [9.17, 15) is 9.59 Å². The van der Waals surface area contributed by atoms with Crippen LogP contribution >= 0.6 is 0 Å². The molecule has 2 unspecified atom stereocenters. The van der Waals surface area contributed by atoms with E-state index in [0.29, 0.717) is 26.4 Å². The van der Waals surface area contributed by atoms with Crippen LogP contribution < -0.4 is 18.9 Å². The number of ether oxygens (including phenoxy) is 5. The van der Waals surface area contributed by atoms with Crippen LogP contribution in [-0.2, 0) is 25.2 Å². The summed E-state index contributed by atoms with van der Waals surface area (Å²) in [4.78, 5) is 22.6. The molecule has 0 saturated carbocycles. The lowest BCUT2D eigenvalue weighted by molar-refractivity contribution is -0.141. The highest BCUT2D eigenvalue weighted by atomic mass is 16.5. The number of methoxy groups -OCH3 is 1. The molecule has 0 spiro atoms. The zero-order chi connectivity index (χ0) is 43.3. The molecule has 4 aromatic rings. The van der Waals surface area contributed by atoms with Gasteiger partial charge < -0.3 is 28.8 Å². The molecule has 0 aliphatic rings. The molecule has 0 aliphatic heterocycles. The minimum absolute atomic E-state index is 0.00516. The molecule has 0 radical (unpaired) electrons. The SMILES string of the molecule is CC#CC(CC(=O)O)c1ccc(OCCCOc2cccc(C(C)(C)C)c2)cc1.CC#CC(CC(=O)OC)c1ccc(OCCCOc2cccc(C(C)(C)C)c2)cc1. The summed E-state index contributed by atoms with van der Waals surface area (Å²) in [5.74, 6) is 13.4. The maximum absolute atomic E-state index is 11.6. The Hall–Kier alpha value is -5.86. The minimum Gasteiger partial charge on any atom is -0.493 e. The summed E-state index contributed by atoms with van der Waals surface area (Å²) in [6.45, 7) is 18.9. The number of carbonyl (C=O) groups is 2. The number of esters is 1. The summed E-state index contributed by atoms with van der Waals surface area (Å²) in [5.41, 5.74) is 4.57. The van der Waals surface area contributed by atoms with Crippen molar-refractivity contribution in [3.05, 3.63) is 119 Å². The first kappa shape index (κ1) is 47.5. The van der Waals surface area contributed by atoms with Gasteiger partial charge in [0.2, 0.25) is 0 Å². The second kappa shape index (κ2) is 24.2. The van der Waals surface area contributed by atoms with Crippen molar-refractivity contribution in [2.75, 3.05) is 33.5 Å². The molecular formula is C51H62O8. The summed E-state index contributed by atoms with van der Waals surface area (Å²) in [5, 5.41) is 9.03. The number of benzene rings is 4. The molecule has 0 saturated heterocycles. The van der Waals surface area contributed by atoms with Gasteiger partial charge in [-0.05, 0) is 95.5 Å². The number of rotatable bonds is 18. The van der Waals surface area contributed by atoms with Gasteiger partial charge >= 0.3 is 11.9 Å². The first-order chi connectivity index (χ1) is 28.1. The molecule has 314 valence electrons. The van der Waals surface area contributed by atoms with Crippen molar-refractivity contribution < 1.29 is 38.4 Å². The summed E-state index contributed by atoms with van der Waals surface area (Å²) >= 11 is 0. The van der Waals surface area contributed by atoms with Crippen LogP contribution in [0, 0.1) is 23.7 Å². The maximum atomic E-state index is 11.6. The lowest BCUT2D eigenvalue weighted by Gasteiger charge is -2.19. The molecule has 1 N–H and O–H groups in total. The van der Waals surface area contributed by atoms with Gasteiger partial charge in [-0.1, -0.05) is 102 Å². The Morgan fingerprint density at radius 1 is 0.559 bits per heavy atom. The van der Waals surface area contributed by atoms with Gasteiger partial charge in [0, 0.05) is 12.8 Å². The average Bonchev–Trinajstić information content (AvgIpc) is 3.20. The number of carbonyl (C=O) groups excluding carboxylic acids is 1. The Balaban J connectivity index is 0.000000316. The summed E-state index contributed by atoms with van der Waals surface area (Å²) in [7, 11) is 1.39. The Morgan fingerprint density at radius 3 is 1.27 bits per heavy atom. The second-order valence-corrected chi connectivity index (χ2v) is 16.1. The Bertz CT molecular complexity index is 2010. The van der Waals surface area contributed by atoms with E-state index in [1.807, 2.05) is 72.8 Å². The smallest absolute Gasteiger partial charge is 0.307 e. The molecule has 0 amide bonds. The Labute approximate surface area is 352 Å². The molecular weight excluding hydrogens is 741 g/mol. The van der Waals surface area contributed by atoms with Crippen molar-refractivity contribution in [1.29, 1.82) is 0 Å². The van der Waals surface area contributed by atoms with Gasteiger partial charge in [-0.25, -0.2) is 0 Å². The number of aliphatic carboxylic acids is 1. The van der Waals surface area contributed by atoms with Gasteiger partial charge in [-0.3, -0.25) is 9.59 Å². The fraction of sp³-hybridized carbons (Fsp3) is 0.412. The van der Waals surface area contributed by atoms with E-state index in [4.69, 9.17) is 28.8 Å². The van der Waals surface area contributed by atoms with E-state index in [-0.39, 0.29) is 41.5 Å². The largest absolute Gasteiger partial charge is 0.493 e. The van der Waals surface area contributed by atoms with E-state index in [2.05, 4.69) is 89.5 Å². The first-order valence-corrected chi connectivity index (χ1v) is 20.2. The van der Waals surface area contributed by atoms with Gasteiger partial charge in [-0.2, -0.15) is 0 Å². The van der Waals surface area contributed by atoms with E-state index in [0.717, 1.165) is 47.0 Å². The van der Waals surface area contributed by atoms with Crippen molar-refractivity contribution in [2.45, 2.75) is 104 Å². The van der Waals surface area contributed by atoms with Crippen LogP contribution in [0.3, 0.4) is 0 Å². The summed E-state index contributed by atoms with van der Waals surface area (Å²) in [6.07, 6.45) is 1.79. The lowest BCUT2D eigenvalue weighted by atomic mass is 9.87. The average molecular weight is 803 g/mol. The third-order valence-corrected chi connectivity index (χ3v) is 9.23. The minimum atomic E-state index is -0.855. The first-order valence-electron chi connectivity index (χ1n) is 20.2. The van der Waals surface area contributed by atoms with Crippen molar-refractivity contribution in [2.24, 2.45) is 0 Å². The van der Waals surface area contributed by atoms with E-state index >= 15 is 0 Å². The number of carboxylic acids is 1. The van der Waals surface area contributed by atoms with Crippen LogP contribution in [0.2, 0.25) is 0 Å². The fourth-order valence-corrected chi connectivity index (χ4v) is 5.85. The van der Waals surface area contributed by atoms with E-state index in [1.54, 1.807) is 13.8 Å². The van der Waals surface area contributed by atoms with Gasteiger partial charge in [0.05, 0.1) is 58.2 Å². The molecule has 0 bridgehead atoms. The summed E-state index contributed by atoms with van der Waals surface area (Å²) < 4.78 is 28.0. The number of carboxylic acid groups (broad SMARTS) is 1. The predicted octanol–water partition coefficient (Wildman–Crippen LogP) is 10.9. The normalized spacial score (nSPS) is 11.8. The molecule has 4 rings (SSSR count). The Morgan fingerprint density at radius 2 is 0.932 bits per heavy atom. The van der Waals surface area contributed by atoms with Gasteiger partial charge in [0.1, 0.15) is 23.0 Å². The third kappa shape index (κ3) is 17.7. The lowest BCUT2D eigenvalue weighted by Crippen LogP contribution is -2.11. The zero-order valence-corrected chi connectivity index (χ0v) is 36.4. The van der Waals surface area contributed by atoms with Crippen LogP contribution in [0.5, 0.6) is 23.0 Å². The topological polar surface area (TPSA) is 101 Å². The molecule has 0 aliphatic carbocycles. The predicted molar refractivity (Wildman–Crippen MR) is 236 cm³/mol. The third-order valence-electron chi connectivity index (χ3n) is 9.23. The molecule has 8 heteroatoms. The van der Waals surface area contributed by atoms with Crippen molar-refractivity contribution >= 4 is 11.9 Å². The molecule has 0 fully saturated rings. The second-order valence-electron chi connectivity index (χ2n) is 16.1. The van der Waals surface area contributed by atoms with Crippen molar-refractivity contribution in [3.8, 4) is 46.7 Å². The zero-order valence-electron chi connectivity index (χ0n) is 36.4.